The monoisotopic (exact) mass is 421 g/mol. The van der Waals surface area contributed by atoms with E-state index in [-0.39, 0.29) is 5.56 Å². The Morgan fingerprint density at radius 1 is 1.17 bits per heavy atom. The predicted octanol–water partition coefficient (Wildman–Crippen LogP) is 4.65. The van der Waals surface area contributed by atoms with E-state index in [0.717, 1.165) is 40.8 Å². The second-order valence-electron chi connectivity index (χ2n) is 7.70. The number of aryl methyl sites for hydroxylation is 1. The minimum atomic E-state index is -0.0654. The van der Waals surface area contributed by atoms with Gasteiger partial charge in [0.25, 0.3) is 5.56 Å². The van der Waals surface area contributed by atoms with E-state index < -0.39 is 0 Å². The molecule has 0 atom stereocenters. The van der Waals surface area contributed by atoms with Crippen LogP contribution in [0.4, 0.5) is 0 Å². The van der Waals surface area contributed by atoms with Gasteiger partial charge in [-0.1, -0.05) is 37.1 Å². The summed E-state index contributed by atoms with van der Waals surface area (Å²) in [5, 5.41) is 9.76. The highest BCUT2D eigenvalue weighted by Crippen LogP contribution is 2.36. The van der Waals surface area contributed by atoms with Gasteiger partial charge >= 0.3 is 0 Å². The first-order valence-electron chi connectivity index (χ1n) is 10.3. The summed E-state index contributed by atoms with van der Waals surface area (Å²) in [6, 6.07) is 9.60. The molecule has 0 spiro atoms. The molecule has 1 aliphatic carbocycles. The molecule has 4 aromatic heterocycles. The van der Waals surface area contributed by atoms with Crippen LogP contribution in [0.3, 0.4) is 0 Å². The summed E-state index contributed by atoms with van der Waals surface area (Å²) in [5.74, 6) is 2.07. The summed E-state index contributed by atoms with van der Waals surface area (Å²) < 4.78 is 9.43. The number of aromatic nitrogens is 5. The smallest absolute Gasteiger partial charge is 0.258 e. The van der Waals surface area contributed by atoms with Gasteiger partial charge in [-0.15, -0.1) is 10.2 Å². The Morgan fingerprint density at radius 3 is 2.83 bits per heavy atom. The normalized spacial score (nSPS) is 15.1. The summed E-state index contributed by atoms with van der Waals surface area (Å²) in [7, 11) is 0. The fourth-order valence-electron chi connectivity index (χ4n) is 4.14. The van der Waals surface area contributed by atoms with Crippen LogP contribution in [0.1, 0.15) is 49.4 Å². The van der Waals surface area contributed by atoms with Crippen LogP contribution in [0.2, 0.25) is 0 Å². The average Bonchev–Trinajstić information content (AvgIpc) is 3.43. The third-order valence-corrected chi connectivity index (χ3v) is 6.61. The maximum Gasteiger partial charge on any atom is 0.258 e. The summed E-state index contributed by atoms with van der Waals surface area (Å²) in [6.45, 7) is 1.97. The van der Waals surface area contributed by atoms with Crippen molar-refractivity contribution in [3.63, 3.8) is 0 Å². The molecule has 0 amide bonds. The molecule has 0 aliphatic heterocycles. The molecule has 0 unspecified atom stereocenters. The fourth-order valence-corrected chi connectivity index (χ4v) is 5.04. The number of nitrogens with zero attached hydrogens (tertiary/aromatic N) is 5. The van der Waals surface area contributed by atoms with E-state index in [2.05, 4.69) is 14.8 Å². The first-order chi connectivity index (χ1) is 14.7. The van der Waals surface area contributed by atoms with Crippen LogP contribution in [0.25, 0.3) is 17.2 Å². The SMILES string of the molecule is Cc1cccn2c(=O)cc(CSc3nnc(-c4ccco4)n3C3CCCCC3)nc12. The number of thioether (sulfide) groups is 1. The largest absolute Gasteiger partial charge is 0.461 e. The van der Waals surface area contributed by atoms with Crippen molar-refractivity contribution in [2.45, 2.75) is 56.0 Å². The third-order valence-electron chi connectivity index (χ3n) is 5.63. The molecule has 4 heterocycles. The highest BCUT2D eigenvalue weighted by atomic mass is 32.2. The minimum Gasteiger partial charge on any atom is -0.461 e. The second-order valence-corrected chi connectivity index (χ2v) is 8.65. The van der Waals surface area contributed by atoms with Gasteiger partial charge in [0.1, 0.15) is 5.65 Å². The quantitative estimate of drug-likeness (QED) is 0.437. The first-order valence-corrected chi connectivity index (χ1v) is 11.3. The van der Waals surface area contributed by atoms with Gasteiger partial charge in [-0.25, -0.2) is 4.98 Å². The zero-order chi connectivity index (χ0) is 20.5. The topological polar surface area (TPSA) is 78.2 Å². The molecular weight excluding hydrogens is 398 g/mol. The third kappa shape index (κ3) is 3.56. The maximum absolute atomic E-state index is 12.5. The molecule has 1 fully saturated rings. The van der Waals surface area contributed by atoms with Crippen LogP contribution in [0, 0.1) is 6.92 Å². The lowest BCUT2D eigenvalue weighted by molar-refractivity contribution is 0.337. The average molecular weight is 422 g/mol. The Hall–Kier alpha value is -2.87. The van der Waals surface area contributed by atoms with E-state index in [0.29, 0.717) is 17.4 Å². The molecule has 0 bridgehead atoms. The molecule has 7 nitrogen and oxygen atoms in total. The van der Waals surface area contributed by atoms with Crippen molar-refractivity contribution in [1.82, 2.24) is 24.1 Å². The minimum absolute atomic E-state index is 0.0654. The predicted molar refractivity (Wildman–Crippen MR) is 116 cm³/mol. The summed E-state index contributed by atoms with van der Waals surface area (Å²) in [4.78, 5) is 17.2. The lowest BCUT2D eigenvalue weighted by atomic mass is 9.95. The molecule has 1 saturated carbocycles. The number of fused-ring (bicyclic) bond motifs is 1. The van der Waals surface area contributed by atoms with Gasteiger partial charge in [-0.05, 0) is 43.5 Å². The van der Waals surface area contributed by atoms with E-state index in [1.165, 1.54) is 19.3 Å². The van der Waals surface area contributed by atoms with E-state index >= 15 is 0 Å². The van der Waals surface area contributed by atoms with Crippen molar-refractivity contribution >= 4 is 17.4 Å². The van der Waals surface area contributed by atoms with Crippen molar-refractivity contribution in [2.75, 3.05) is 0 Å². The zero-order valence-electron chi connectivity index (χ0n) is 16.8. The standard InChI is InChI=1S/C22H23N5O2S/c1-15-7-5-11-26-19(28)13-16(23-20(15)26)14-30-22-25-24-21(18-10-6-12-29-18)27(22)17-8-3-2-4-9-17/h5-7,10-13,17H,2-4,8-9,14H2,1H3. The molecule has 0 radical (unpaired) electrons. The van der Waals surface area contributed by atoms with Crippen LogP contribution >= 0.6 is 11.8 Å². The van der Waals surface area contributed by atoms with Gasteiger partial charge in [0.05, 0.1) is 12.0 Å². The van der Waals surface area contributed by atoms with Crippen LogP contribution < -0.4 is 5.56 Å². The molecular formula is C22H23N5O2S. The van der Waals surface area contributed by atoms with Crippen LogP contribution in [0.5, 0.6) is 0 Å². The van der Waals surface area contributed by atoms with Crippen molar-refractivity contribution < 1.29 is 4.42 Å². The Morgan fingerprint density at radius 2 is 2.03 bits per heavy atom. The highest BCUT2D eigenvalue weighted by molar-refractivity contribution is 7.98. The molecule has 1 aliphatic rings. The first kappa shape index (κ1) is 19.1. The Balaban J connectivity index is 1.47. The Kier molecular flexibility index (Phi) is 5.16. The highest BCUT2D eigenvalue weighted by Gasteiger charge is 2.25. The maximum atomic E-state index is 12.5. The number of rotatable bonds is 5. The van der Waals surface area contributed by atoms with Gasteiger partial charge in [0.2, 0.25) is 5.82 Å². The van der Waals surface area contributed by atoms with E-state index in [9.17, 15) is 4.79 Å². The molecule has 5 rings (SSSR count). The van der Waals surface area contributed by atoms with Crippen molar-refractivity contribution in [1.29, 1.82) is 0 Å². The fraction of sp³-hybridized carbons (Fsp3) is 0.364. The Bertz CT molecular complexity index is 1220. The molecule has 0 aromatic carbocycles. The van der Waals surface area contributed by atoms with Gasteiger partial charge < -0.3 is 4.42 Å². The van der Waals surface area contributed by atoms with Crippen molar-refractivity contribution in [2.24, 2.45) is 0 Å². The lowest BCUT2D eigenvalue weighted by Gasteiger charge is -2.25. The second kappa shape index (κ2) is 8.10. The Labute approximate surface area is 178 Å². The van der Waals surface area contributed by atoms with Crippen LogP contribution in [-0.2, 0) is 5.75 Å². The molecule has 154 valence electrons. The van der Waals surface area contributed by atoms with E-state index in [1.807, 2.05) is 31.2 Å². The van der Waals surface area contributed by atoms with Gasteiger partial charge in [0, 0.05) is 24.1 Å². The molecule has 30 heavy (non-hydrogen) atoms. The molecule has 4 aromatic rings. The number of hydrogen-bond acceptors (Lipinski definition) is 6. The summed E-state index contributed by atoms with van der Waals surface area (Å²) >= 11 is 1.57. The van der Waals surface area contributed by atoms with Gasteiger partial charge in [-0.3, -0.25) is 13.8 Å². The van der Waals surface area contributed by atoms with Gasteiger partial charge in [-0.2, -0.15) is 0 Å². The number of furan rings is 1. The van der Waals surface area contributed by atoms with Crippen LogP contribution in [-0.4, -0.2) is 24.1 Å². The van der Waals surface area contributed by atoms with Crippen LogP contribution in [0.15, 0.2) is 57.2 Å². The molecule has 0 N–H and O–H groups in total. The summed E-state index contributed by atoms with van der Waals surface area (Å²) in [6.07, 6.45) is 9.37. The molecule has 0 saturated heterocycles. The summed E-state index contributed by atoms with van der Waals surface area (Å²) in [5.41, 5.74) is 2.36. The van der Waals surface area contributed by atoms with E-state index in [1.54, 1.807) is 34.7 Å². The zero-order valence-corrected chi connectivity index (χ0v) is 17.6. The molecule has 8 heteroatoms. The van der Waals surface area contributed by atoms with Crippen molar-refractivity contribution in [3.05, 3.63) is 64.4 Å². The number of hydrogen-bond donors (Lipinski definition) is 0. The van der Waals surface area contributed by atoms with E-state index in [4.69, 9.17) is 9.40 Å². The lowest BCUT2D eigenvalue weighted by Crippen LogP contribution is -2.16. The van der Waals surface area contributed by atoms with Crippen molar-refractivity contribution in [3.8, 4) is 11.6 Å². The van der Waals surface area contributed by atoms with Gasteiger partial charge in [0.15, 0.2) is 10.9 Å². The number of pyridine rings is 1.